The molecule has 6 nitrogen and oxygen atoms in total. The number of nitriles is 1. The lowest BCUT2D eigenvalue weighted by atomic mass is 10.2. The maximum atomic E-state index is 12.3. The van der Waals surface area contributed by atoms with Crippen LogP contribution in [0, 0.1) is 11.3 Å². The van der Waals surface area contributed by atoms with E-state index in [4.69, 9.17) is 5.26 Å². The zero-order chi connectivity index (χ0) is 16.2. The van der Waals surface area contributed by atoms with E-state index in [0.29, 0.717) is 16.6 Å². The molecule has 0 saturated heterocycles. The van der Waals surface area contributed by atoms with Crippen LogP contribution in [-0.2, 0) is 5.75 Å². The summed E-state index contributed by atoms with van der Waals surface area (Å²) in [6.07, 6.45) is 5.74. The second-order valence-electron chi connectivity index (χ2n) is 5.49. The number of aromatic hydroxyl groups is 1. The van der Waals surface area contributed by atoms with E-state index in [0.717, 1.165) is 31.2 Å². The molecule has 0 atom stereocenters. The summed E-state index contributed by atoms with van der Waals surface area (Å²) < 4.78 is 1.70. The molecule has 0 bridgehead atoms. The summed E-state index contributed by atoms with van der Waals surface area (Å²) in [5.41, 5.74) is 1.08. The molecule has 0 amide bonds. The van der Waals surface area contributed by atoms with Crippen LogP contribution in [0.3, 0.4) is 0 Å². The summed E-state index contributed by atoms with van der Waals surface area (Å²) in [4.78, 5) is 20.3. The van der Waals surface area contributed by atoms with Crippen LogP contribution in [0.25, 0.3) is 0 Å². The van der Waals surface area contributed by atoms with Gasteiger partial charge in [-0.3, -0.25) is 9.36 Å². The van der Waals surface area contributed by atoms with Gasteiger partial charge in [-0.1, -0.05) is 24.6 Å². The van der Waals surface area contributed by atoms with Gasteiger partial charge in [0.2, 0.25) is 5.88 Å². The minimum atomic E-state index is -0.251. The number of hydrogen-bond donors (Lipinski definition) is 1. The third kappa shape index (κ3) is 3.54. The first-order chi connectivity index (χ1) is 11.2. The Balaban J connectivity index is 1.86. The fraction of sp³-hybridized carbons (Fsp3) is 0.375. The lowest BCUT2D eigenvalue weighted by Crippen LogP contribution is -2.25. The van der Waals surface area contributed by atoms with Gasteiger partial charge < -0.3 is 5.11 Å². The van der Waals surface area contributed by atoms with Gasteiger partial charge >= 0.3 is 0 Å². The average molecular weight is 328 g/mol. The highest BCUT2D eigenvalue weighted by atomic mass is 32.2. The van der Waals surface area contributed by atoms with Crippen LogP contribution in [-0.4, -0.2) is 19.6 Å². The van der Waals surface area contributed by atoms with Gasteiger partial charge in [-0.05, 0) is 30.5 Å². The second-order valence-corrected chi connectivity index (χ2v) is 6.44. The van der Waals surface area contributed by atoms with Crippen LogP contribution in [0.15, 0.2) is 34.3 Å². The first kappa shape index (κ1) is 15.6. The molecule has 1 fully saturated rings. The maximum absolute atomic E-state index is 12.3. The van der Waals surface area contributed by atoms with E-state index < -0.39 is 0 Å². The van der Waals surface area contributed by atoms with Crippen molar-refractivity contribution in [2.45, 2.75) is 42.6 Å². The van der Waals surface area contributed by atoms with Crippen LogP contribution in [0.1, 0.15) is 43.0 Å². The molecule has 0 spiro atoms. The molecule has 118 valence electrons. The van der Waals surface area contributed by atoms with Crippen molar-refractivity contribution in [3.8, 4) is 11.9 Å². The van der Waals surface area contributed by atoms with Crippen LogP contribution in [0.5, 0.6) is 5.88 Å². The fourth-order valence-corrected chi connectivity index (χ4v) is 3.84. The van der Waals surface area contributed by atoms with Gasteiger partial charge in [0.05, 0.1) is 6.07 Å². The van der Waals surface area contributed by atoms with Crippen molar-refractivity contribution < 1.29 is 5.11 Å². The van der Waals surface area contributed by atoms with Crippen LogP contribution in [0.2, 0.25) is 0 Å². The minimum absolute atomic E-state index is 0.158. The van der Waals surface area contributed by atoms with Crippen molar-refractivity contribution in [3.63, 3.8) is 0 Å². The summed E-state index contributed by atoms with van der Waals surface area (Å²) in [6, 6.07) is 6.88. The molecule has 1 saturated carbocycles. The van der Waals surface area contributed by atoms with Crippen LogP contribution in [0.4, 0.5) is 0 Å². The Kier molecular flexibility index (Phi) is 4.63. The van der Waals surface area contributed by atoms with Gasteiger partial charge in [0.1, 0.15) is 11.8 Å². The number of hydrogen-bond acceptors (Lipinski definition) is 6. The molecule has 0 aromatic carbocycles. The van der Waals surface area contributed by atoms with E-state index in [1.165, 1.54) is 17.8 Å². The molecule has 3 rings (SSSR count). The SMILES string of the molecule is N#Cc1cc(CSc2nc(O)cc(=O)n2C2CCCC2)ccn1. The molecule has 7 heteroatoms. The summed E-state index contributed by atoms with van der Waals surface area (Å²) in [5, 5.41) is 19.1. The van der Waals surface area contributed by atoms with Crippen LogP contribution >= 0.6 is 11.8 Å². The number of nitrogens with zero attached hydrogens (tertiary/aromatic N) is 4. The molecule has 1 aliphatic carbocycles. The van der Waals surface area contributed by atoms with Gasteiger partial charge in [0, 0.05) is 18.0 Å². The normalized spacial score (nSPS) is 14.7. The summed E-state index contributed by atoms with van der Waals surface area (Å²) in [5.74, 6) is 0.305. The number of pyridine rings is 1. The first-order valence-corrected chi connectivity index (χ1v) is 8.46. The van der Waals surface area contributed by atoms with Gasteiger partial charge in [0.25, 0.3) is 5.56 Å². The molecule has 2 heterocycles. The Morgan fingerprint density at radius 1 is 1.39 bits per heavy atom. The summed E-state index contributed by atoms with van der Waals surface area (Å²) >= 11 is 1.39. The Hall–Kier alpha value is -2.33. The first-order valence-electron chi connectivity index (χ1n) is 7.48. The van der Waals surface area contributed by atoms with Crippen molar-refractivity contribution in [1.82, 2.24) is 14.5 Å². The number of thioether (sulfide) groups is 1. The van der Waals surface area contributed by atoms with E-state index in [2.05, 4.69) is 9.97 Å². The molecule has 0 radical (unpaired) electrons. The van der Waals surface area contributed by atoms with E-state index in [-0.39, 0.29) is 17.5 Å². The molecular weight excluding hydrogens is 312 g/mol. The van der Waals surface area contributed by atoms with E-state index >= 15 is 0 Å². The molecule has 1 N–H and O–H groups in total. The Labute approximate surface area is 137 Å². The van der Waals surface area contributed by atoms with Crippen LogP contribution < -0.4 is 5.56 Å². The van der Waals surface area contributed by atoms with Gasteiger partial charge in [-0.25, -0.2) is 4.98 Å². The largest absolute Gasteiger partial charge is 0.493 e. The topological polar surface area (TPSA) is 91.8 Å². The van der Waals surface area contributed by atoms with Crippen molar-refractivity contribution in [2.24, 2.45) is 0 Å². The van der Waals surface area contributed by atoms with Gasteiger partial charge in [0.15, 0.2) is 5.16 Å². The lowest BCUT2D eigenvalue weighted by molar-refractivity contribution is 0.406. The van der Waals surface area contributed by atoms with Gasteiger partial charge in [-0.15, -0.1) is 0 Å². The Morgan fingerprint density at radius 3 is 2.91 bits per heavy atom. The molecule has 1 aliphatic rings. The molecule has 23 heavy (non-hydrogen) atoms. The highest BCUT2D eigenvalue weighted by molar-refractivity contribution is 7.98. The highest BCUT2D eigenvalue weighted by Crippen LogP contribution is 2.32. The molecule has 2 aromatic rings. The van der Waals surface area contributed by atoms with E-state index in [1.807, 2.05) is 12.1 Å². The minimum Gasteiger partial charge on any atom is -0.493 e. The van der Waals surface area contributed by atoms with E-state index in [1.54, 1.807) is 16.8 Å². The Morgan fingerprint density at radius 2 is 2.17 bits per heavy atom. The smallest absolute Gasteiger partial charge is 0.258 e. The third-order valence-electron chi connectivity index (χ3n) is 3.90. The number of rotatable bonds is 4. The molecule has 0 unspecified atom stereocenters. The molecular formula is C16H16N4O2S. The third-order valence-corrected chi connectivity index (χ3v) is 4.93. The predicted molar refractivity (Wildman–Crippen MR) is 86.2 cm³/mol. The zero-order valence-corrected chi connectivity index (χ0v) is 13.3. The zero-order valence-electron chi connectivity index (χ0n) is 12.5. The van der Waals surface area contributed by atoms with Crippen molar-refractivity contribution in [2.75, 3.05) is 0 Å². The monoisotopic (exact) mass is 328 g/mol. The molecule has 0 aliphatic heterocycles. The van der Waals surface area contributed by atoms with Crippen molar-refractivity contribution in [1.29, 1.82) is 5.26 Å². The second kappa shape index (κ2) is 6.84. The van der Waals surface area contributed by atoms with Gasteiger partial charge in [-0.2, -0.15) is 10.2 Å². The van der Waals surface area contributed by atoms with E-state index in [9.17, 15) is 9.90 Å². The maximum Gasteiger partial charge on any atom is 0.258 e. The quantitative estimate of drug-likeness (QED) is 0.685. The van der Waals surface area contributed by atoms with Crippen molar-refractivity contribution in [3.05, 3.63) is 46.0 Å². The van der Waals surface area contributed by atoms with Crippen molar-refractivity contribution >= 4 is 11.8 Å². The highest BCUT2D eigenvalue weighted by Gasteiger charge is 2.22. The predicted octanol–water partition coefficient (Wildman–Crippen LogP) is 2.62. The Bertz CT molecular complexity index is 806. The average Bonchev–Trinajstić information content (AvgIpc) is 3.06. The fourth-order valence-electron chi connectivity index (χ4n) is 2.83. The lowest BCUT2D eigenvalue weighted by Gasteiger charge is -2.17. The summed E-state index contributed by atoms with van der Waals surface area (Å²) in [6.45, 7) is 0. The number of aromatic nitrogens is 3. The summed E-state index contributed by atoms with van der Waals surface area (Å²) in [7, 11) is 0. The standard InChI is InChI=1S/C16H16N4O2S/c17-9-12-7-11(5-6-18-12)10-23-16-19-14(21)8-15(22)20(16)13-3-1-2-4-13/h5-8,13,21H,1-4,10H2. The molecule has 2 aromatic heterocycles.